The van der Waals surface area contributed by atoms with Crippen LogP contribution in [0.2, 0.25) is 0 Å². The average Bonchev–Trinajstić information content (AvgIpc) is 2.33. The van der Waals surface area contributed by atoms with Crippen LogP contribution < -0.4 is 5.56 Å². The fourth-order valence-electron chi connectivity index (χ4n) is 1.25. The molecule has 0 unspecified atom stereocenters. The number of H-pyrrole nitrogens is 1. The summed E-state index contributed by atoms with van der Waals surface area (Å²) in [4.78, 5) is 18.3. The highest BCUT2D eigenvalue weighted by atomic mass is 32.2. The quantitative estimate of drug-likeness (QED) is 0.798. The number of aromatic nitrogens is 4. The second kappa shape index (κ2) is 4.89. The van der Waals surface area contributed by atoms with Gasteiger partial charge >= 0.3 is 0 Å². The zero-order valence-corrected chi connectivity index (χ0v) is 9.49. The van der Waals surface area contributed by atoms with Crippen LogP contribution in [-0.4, -0.2) is 26.4 Å². The molecule has 0 aromatic carbocycles. The molecule has 82 valence electrons. The first kappa shape index (κ1) is 10.8. The van der Waals surface area contributed by atoms with Crippen LogP contribution in [-0.2, 0) is 6.42 Å². The average molecular weight is 234 g/mol. The topological polar surface area (TPSA) is 71.5 Å². The molecule has 1 N–H and O–H groups in total. The third kappa shape index (κ3) is 2.46. The Morgan fingerprint density at radius 1 is 1.44 bits per heavy atom. The molecule has 6 heteroatoms. The third-order valence-electron chi connectivity index (χ3n) is 2.03. The Morgan fingerprint density at radius 2 is 2.31 bits per heavy atom. The minimum absolute atomic E-state index is 0.191. The zero-order valence-electron chi connectivity index (χ0n) is 8.67. The van der Waals surface area contributed by atoms with Gasteiger partial charge in [-0.1, -0.05) is 17.8 Å². The highest BCUT2D eigenvalue weighted by Crippen LogP contribution is 2.04. The maximum absolute atomic E-state index is 11.6. The normalized spacial score (nSPS) is 10.3. The number of hydrogen-bond donors (Lipinski definition) is 1. The van der Waals surface area contributed by atoms with Crippen LogP contribution in [0.3, 0.4) is 0 Å². The second-order valence-corrected chi connectivity index (χ2v) is 3.94. The third-order valence-corrected chi connectivity index (χ3v) is 2.60. The van der Waals surface area contributed by atoms with Crippen molar-refractivity contribution in [1.29, 1.82) is 0 Å². The number of thioether (sulfide) groups is 1. The highest BCUT2D eigenvalue weighted by Gasteiger charge is 2.05. The number of nitrogens with zero attached hydrogens (tertiary/aromatic N) is 3. The molecule has 0 aliphatic rings. The van der Waals surface area contributed by atoms with Crippen molar-refractivity contribution in [2.24, 2.45) is 0 Å². The molecule has 0 aliphatic heterocycles. The van der Waals surface area contributed by atoms with Gasteiger partial charge in [0.15, 0.2) is 5.16 Å². The summed E-state index contributed by atoms with van der Waals surface area (Å²) in [5.41, 5.74) is 1.16. The van der Waals surface area contributed by atoms with Crippen molar-refractivity contribution in [2.75, 3.05) is 6.26 Å². The van der Waals surface area contributed by atoms with Crippen LogP contribution in [0.5, 0.6) is 0 Å². The van der Waals surface area contributed by atoms with Crippen LogP contribution in [0.1, 0.15) is 11.3 Å². The monoisotopic (exact) mass is 234 g/mol. The van der Waals surface area contributed by atoms with Crippen molar-refractivity contribution < 1.29 is 0 Å². The Hall–Kier alpha value is -1.69. The molecule has 0 amide bonds. The van der Waals surface area contributed by atoms with Gasteiger partial charge in [-0.15, -0.1) is 10.2 Å². The van der Waals surface area contributed by atoms with Gasteiger partial charge < -0.3 is 0 Å². The molecule has 2 rings (SSSR count). The van der Waals surface area contributed by atoms with E-state index in [1.54, 1.807) is 12.4 Å². The van der Waals surface area contributed by atoms with E-state index in [4.69, 9.17) is 0 Å². The predicted octanol–water partition coefficient (Wildman–Crippen LogP) is 0.873. The fourth-order valence-corrected chi connectivity index (χ4v) is 1.57. The molecule has 0 saturated heterocycles. The maximum atomic E-state index is 11.6. The molecule has 0 spiro atoms. The molecule has 16 heavy (non-hydrogen) atoms. The van der Waals surface area contributed by atoms with E-state index in [0.29, 0.717) is 17.3 Å². The molecule has 5 nitrogen and oxygen atoms in total. The lowest BCUT2D eigenvalue weighted by Gasteiger charge is -1.99. The molecular formula is C10H10N4OS. The SMILES string of the molecule is CSc1nnc(Cc2cccnc2)c(=O)[nH]1. The van der Waals surface area contributed by atoms with Crippen molar-refractivity contribution in [1.82, 2.24) is 20.2 Å². The maximum Gasteiger partial charge on any atom is 0.273 e. The number of pyridine rings is 1. The molecule has 0 atom stereocenters. The van der Waals surface area contributed by atoms with E-state index in [1.807, 2.05) is 18.4 Å². The highest BCUT2D eigenvalue weighted by molar-refractivity contribution is 7.98. The molecule has 0 bridgehead atoms. The van der Waals surface area contributed by atoms with Crippen LogP contribution in [0.15, 0.2) is 34.5 Å². The Morgan fingerprint density at radius 3 is 2.94 bits per heavy atom. The standard InChI is InChI=1S/C10H10N4OS/c1-16-10-12-9(15)8(13-14-10)5-7-3-2-4-11-6-7/h2-4,6H,5H2,1H3,(H,12,14,15). The second-order valence-electron chi connectivity index (χ2n) is 3.15. The smallest absolute Gasteiger partial charge is 0.273 e. The summed E-state index contributed by atoms with van der Waals surface area (Å²) < 4.78 is 0. The van der Waals surface area contributed by atoms with E-state index in [2.05, 4.69) is 20.2 Å². The summed E-state index contributed by atoms with van der Waals surface area (Å²) in [6, 6.07) is 3.73. The number of hydrogen-bond acceptors (Lipinski definition) is 5. The van der Waals surface area contributed by atoms with E-state index >= 15 is 0 Å². The molecular weight excluding hydrogens is 224 g/mol. The summed E-state index contributed by atoms with van der Waals surface area (Å²) in [7, 11) is 0. The van der Waals surface area contributed by atoms with E-state index in [0.717, 1.165) is 5.56 Å². The minimum Gasteiger partial charge on any atom is -0.298 e. The van der Waals surface area contributed by atoms with Gasteiger partial charge in [-0.2, -0.15) is 0 Å². The van der Waals surface area contributed by atoms with E-state index < -0.39 is 0 Å². The summed E-state index contributed by atoms with van der Waals surface area (Å²) in [6.07, 6.45) is 5.69. The van der Waals surface area contributed by atoms with Gasteiger partial charge in [-0.3, -0.25) is 14.8 Å². The zero-order chi connectivity index (χ0) is 11.4. The van der Waals surface area contributed by atoms with Gasteiger partial charge in [-0.25, -0.2) is 0 Å². The Balaban J connectivity index is 2.26. The van der Waals surface area contributed by atoms with Crippen LogP contribution in [0, 0.1) is 0 Å². The van der Waals surface area contributed by atoms with Crippen molar-refractivity contribution in [3.8, 4) is 0 Å². The fraction of sp³-hybridized carbons (Fsp3) is 0.200. The van der Waals surface area contributed by atoms with Crippen molar-refractivity contribution in [3.05, 3.63) is 46.1 Å². The van der Waals surface area contributed by atoms with Gasteiger partial charge in [0.25, 0.3) is 5.56 Å². The summed E-state index contributed by atoms with van der Waals surface area (Å²) in [5.74, 6) is 0. The molecule has 0 saturated carbocycles. The summed E-state index contributed by atoms with van der Waals surface area (Å²) in [5, 5.41) is 8.32. The molecule has 0 fully saturated rings. The first-order valence-electron chi connectivity index (χ1n) is 4.68. The van der Waals surface area contributed by atoms with Gasteiger partial charge in [0.05, 0.1) is 0 Å². The lowest BCUT2D eigenvalue weighted by molar-refractivity contribution is 0.773. The molecule has 0 radical (unpaired) electrons. The summed E-state index contributed by atoms with van der Waals surface area (Å²) in [6.45, 7) is 0. The van der Waals surface area contributed by atoms with Gasteiger partial charge in [0.2, 0.25) is 0 Å². The molecule has 2 heterocycles. The molecule has 0 aliphatic carbocycles. The summed E-state index contributed by atoms with van der Waals surface area (Å²) >= 11 is 1.36. The Bertz CT molecular complexity index is 526. The van der Waals surface area contributed by atoms with Gasteiger partial charge in [0.1, 0.15) is 5.69 Å². The Labute approximate surface area is 96.4 Å². The van der Waals surface area contributed by atoms with Crippen molar-refractivity contribution in [2.45, 2.75) is 11.6 Å². The molecule has 2 aromatic heterocycles. The lowest BCUT2D eigenvalue weighted by atomic mass is 10.2. The van der Waals surface area contributed by atoms with E-state index in [1.165, 1.54) is 11.8 Å². The van der Waals surface area contributed by atoms with Gasteiger partial charge in [-0.05, 0) is 17.9 Å². The van der Waals surface area contributed by atoms with Crippen molar-refractivity contribution >= 4 is 11.8 Å². The number of aromatic amines is 1. The Kier molecular flexibility index (Phi) is 3.31. The largest absolute Gasteiger partial charge is 0.298 e. The number of nitrogens with one attached hydrogen (secondary N) is 1. The number of rotatable bonds is 3. The van der Waals surface area contributed by atoms with E-state index in [9.17, 15) is 4.79 Å². The van der Waals surface area contributed by atoms with Gasteiger partial charge in [0, 0.05) is 18.8 Å². The first-order valence-corrected chi connectivity index (χ1v) is 5.91. The van der Waals surface area contributed by atoms with Crippen LogP contribution in [0.4, 0.5) is 0 Å². The molecule has 2 aromatic rings. The van der Waals surface area contributed by atoms with Crippen molar-refractivity contribution in [3.63, 3.8) is 0 Å². The predicted molar refractivity (Wildman–Crippen MR) is 61.5 cm³/mol. The lowest BCUT2D eigenvalue weighted by Crippen LogP contribution is -2.17. The van der Waals surface area contributed by atoms with Crippen LogP contribution >= 0.6 is 11.8 Å². The van der Waals surface area contributed by atoms with E-state index in [-0.39, 0.29) is 5.56 Å². The van der Waals surface area contributed by atoms with Crippen LogP contribution in [0.25, 0.3) is 0 Å². The minimum atomic E-state index is -0.191. The first-order chi connectivity index (χ1) is 7.79.